The van der Waals surface area contributed by atoms with Gasteiger partial charge in [-0.25, -0.2) is 0 Å². The van der Waals surface area contributed by atoms with Gasteiger partial charge in [0.05, 0.1) is 6.26 Å². The summed E-state index contributed by atoms with van der Waals surface area (Å²) in [7, 11) is -3.67. The molecule has 0 saturated carbocycles. The zero-order chi connectivity index (χ0) is 52.9. The Morgan fingerprint density at radius 3 is 0.680 bits per heavy atom. The monoisotopic (exact) mass is 1000 g/mol. The fourth-order valence-electron chi connectivity index (χ4n) is 9.07. The molecule has 0 fully saturated rings. The number of rotatable bonds is 12. The van der Waals surface area contributed by atoms with E-state index < -0.39 is 10.1 Å². The van der Waals surface area contributed by atoms with E-state index >= 15 is 0 Å². The lowest BCUT2D eigenvalue weighted by Gasteiger charge is -2.26. The van der Waals surface area contributed by atoms with Gasteiger partial charge in [0.25, 0.3) is 10.1 Å². The van der Waals surface area contributed by atoms with Crippen LogP contribution >= 0.6 is 0 Å². The first-order valence-electron chi connectivity index (χ1n) is 25.5. The first-order chi connectivity index (χ1) is 36.2. The summed E-state index contributed by atoms with van der Waals surface area (Å²) in [4.78, 5) is 4.64. The number of hydrogen-bond donors (Lipinski definition) is 1. The Balaban J connectivity index is 0.000000183. The third-order valence-electron chi connectivity index (χ3n) is 13.5. The minimum Gasteiger partial charge on any atom is -0.311 e. The second-order valence-electron chi connectivity index (χ2n) is 19.3. The molecule has 0 radical (unpaired) electrons. The Morgan fingerprint density at radius 1 is 0.293 bits per heavy atom. The Bertz CT molecular complexity index is 3130. The molecule has 10 aromatic rings. The fourth-order valence-corrected chi connectivity index (χ4v) is 9.07. The number of anilines is 6. The van der Waals surface area contributed by atoms with Crippen LogP contribution in [0, 0.1) is 27.7 Å². The van der Waals surface area contributed by atoms with Crippen molar-refractivity contribution < 1.29 is 13.0 Å². The van der Waals surface area contributed by atoms with Gasteiger partial charge in [0, 0.05) is 46.0 Å². The van der Waals surface area contributed by atoms with E-state index in [0.29, 0.717) is 18.1 Å². The Labute approximate surface area is 445 Å². The number of benzene rings is 10. The SMILES string of the molecule is CS(=O)(=O)O.Cc1ccc(N(c2ccc(C)cc2)c2ccc(C(C)c3ccc(-c4ccccc4)cc3)cc2)cc1.Cc1ccc(N(c2ccc(C)cc2)c2ccc(C(C)c3ccc(-c4ccccc4)cc3)cc2)cc1. The second kappa shape index (κ2) is 24.6. The van der Waals surface area contributed by atoms with Crippen LogP contribution < -0.4 is 9.80 Å². The summed E-state index contributed by atoms with van der Waals surface area (Å²) in [5.41, 5.74) is 22.3. The molecule has 6 heteroatoms. The molecule has 0 aliphatic rings. The molecule has 0 saturated heterocycles. The minimum atomic E-state index is -3.67. The highest BCUT2D eigenvalue weighted by Gasteiger charge is 2.17. The Hall–Kier alpha value is -8.29. The maximum atomic E-state index is 9.19. The normalized spacial score (nSPS) is 11.7. The highest BCUT2D eigenvalue weighted by atomic mass is 32.2. The molecule has 0 aliphatic heterocycles. The van der Waals surface area contributed by atoms with E-state index in [4.69, 9.17) is 4.55 Å². The van der Waals surface area contributed by atoms with Crippen LogP contribution in [-0.2, 0) is 10.1 Å². The molecule has 2 unspecified atom stereocenters. The molecule has 75 heavy (non-hydrogen) atoms. The molecular formula is C69H66N2O3S. The van der Waals surface area contributed by atoms with E-state index in [2.05, 4.69) is 306 Å². The molecular weight excluding hydrogens is 937 g/mol. The lowest BCUT2D eigenvalue weighted by molar-refractivity contribution is 0.490. The maximum absolute atomic E-state index is 9.19. The van der Waals surface area contributed by atoms with Crippen LogP contribution in [0.5, 0.6) is 0 Å². The van der Waals surface area contributed by atoms with Gasteiger partial charge in [0.1, 0.15) is 0 Å². The standard InChI is InChI=1S/2C34H31N.CH4O3S/c2*1-25-9-19-32(20-10-25)35(33-21-11-26(2)12-22-33)34-23-17-29(18-24-34)27(3)28-13-15-31(16-14-28)30-7-5-4-6-8-30;1-5(2,3)4/h2*4-24,27H,1-3H3;1H3,(H,2,3,4). The first-order valence-corrected chi connectivity index (χ1v) is 27.3. The first kappa shape index (κ1) is 53.0. The molecule has 1 N–H and O–H groups in total. The molecule has 376 valence electrons. The zero-order valence-electron chi connectivity index (χ0n) is 44.0. The molecule has 0 bridgehead atoms. The van der Waals surface area contributed by atoms with Gasteiger partial charge < -0.3 is 9.80 Å². The van der Waals surface area contributed by atoms with Crippen LogP contribution in [0.1, 0.15) is 70.2 Å². The average molecular weight is 1000 g/mol. The van der Waals surface area contributed by atoms with Crippen LogP contribution in [0.15, 0.2) is 255 Å². The second-order valence-corrected chi connectivity index (χ2v) is 20.8. The van der Waals surface area contributed by atoms with Gasteiger partial charge in [-0.1, -0.05) is 218 Å². The quantitative estimate of drug-likeness (QED) is 0.124. The molecule has 5 nitrogen and oxygen atoms in total. The van der Waals surface area contributed by atoms with Crippen molar-refractivity contribution in [2.45, 2.75) is 53.4 Å². The van der Waals surface area contributed by atoms with Crippen LogP contribution in [0.3, 0.4) is 0 Å². The predicted octanol–water partition coefficient (Wildman–Crippen LogP) is 18.7. The highest BCUT2D eigenvalue weighted by molar-refractivity contribution is 7.85. The molecule has 10 aromatic carbocycles. The van der Waals surface area contributed by atoms with Crippen LogP contribution in [0.2, 0.25) is 0 Å². The van der Waals surface area contributed by atoms with Gasteiger partial charge in [-0.3, -0.25) is 4.55 Å². The summed E-state index contributed by atoms with van der Waals surface area (Å²) in [5.74, 6) is 0.641. The van der Waals surface area contributed by atoms with Crippen molar-refractivity contribution in [2.24, 2.45) is 0 Å². The largest absolute Gasteiger partial charge is 0.311 e. The zero-order valence-corrected chi connectivity index (χ0v) is 44.8. The Morgan fingerprint density at radius 2 is 0.467 bits per heavy atom. The Kier molecular flexibility index (Phi) is 17.4. The van der Waals surface area contributed by atoms with E-state index in [1.54, 1.807) is 0 Å². The topological polar surface area (TPSA) is 60.9 Å². The maximum Gasteiger partial charge on any atom is 0.261 e. The van der Waals surface area contributed by atoms with Crippen LogP contribution in [0.25, 0.3) is 22.3 Å². The summed E-state index contributed by atoms with van der Waals surface area (Å²) in [5, 5.41) is 0. The number of hydrogen-bond acceptors (Lipinski definition) is 4. The third-order valence-corrected chi connectivity index (χ3v) is 13.5. The van der Waals surface area contributed by atoms with Crippen molar-refractivity contribution in [1.29, 1.82) is 0 Å². The lowest BCUT2D eigenvalue weighted by Crippen LogP contribution is -2.10. The van der Waals surface area contributed by atoms with E-state index in [1.165, 1.54) is 66.8 Å². The van der Waals surface area contributed by atoms with Gasteiger partial charge in [-0.15, -0.1) is 0 Å². The van der Waals surface area contributed by atoms with Crippen molar-refractivity contribution >= 4 is 44.2 Å². The van der Waals surface area contributed by atoms with E-state index in [9.17, 15) is 8.42 Å². The van der Waals surface area contributed by atoms with Gasteiger partial charge in [0.2, 0.25) is 0 Å². The fraction of sp³-hybridized carbons (Fsp3) is 0.130. The van der Waals surface area contributed by atoms with Crippen molar-refractivity contribution in [1.82, 2.24) is 0 Å². The summed E-state index contributed by atoms with van der Waals surface area (Å²) >= 11 is 0. The molecule has 0 spiro atoms. The number of nitrogens with zero attached hydrogens (tertiary/aromatic N) is 2. The van der Waals surface area contributed by atoms with Crippen molar-refractivity contribution in [3.05, 3.63) is 299 Å². The van der Waals surface area contributed by atoms with E-state index in [0.717, 1.165) is 34.1 Å². The minimum absolute atomic E-state index is 0.320. The summed E-state index contributed by atoms with van der Waals surface area (Å²) in [6.07, 6.45) is 0.715. The van der Waals surface area contributed by atoms with Crippen molar-refractivity contribution in [2.75, 3.05) is 16.1 Å². The van der Waals surface area contributed by atoms with Crippen molar-refractivity contribution in [3.8, 4) is 22.3 Å². The van der Waals surface area contributed by atoms with Crippen molar-refractivity contribution in [3.63, 3.8) is 0 Å². The molecule has 0 heterocycles. The highest BCUT2D eigenvalue weighted by Crippen LogP contribution is 2.38. The van der Waals surface area contributed by atoms with Gasteiger partial charge in [-0.05, 0) is 145 Å². The van der Waals surface area contributed by atoms with Gasteiger partial charge in [0.15, 0.2) is 0 Å². The van der Waals surface area contributed by atoms with Gasteiger partial charge in [-0.2, -0.15) is 8.42 Å². The lowest BCUT2D eigenvalue weighted by atomic mass is 9.91. The van der Waals surface area contributed by atoms with Crippen LogP contribution in [-0.4, -0.2) is 19.2 Å². The molecule has 10 rings (SSSR count). The van der Waals surface area contributed by atoms with E-state index in [-0.39, 0.29) is 0 Å². The molecule has 2 atom stereocenters. The molecule has 0 aliphatic carbocycles. The summed E-state index contributed by atoms with van der Waals surface area (Å²) in [6.45, 7) is 13.1. The van der Waals surface area contributed by atoms with Crippen LogP contribution in [0.4, 0.5) is 34.1 Å². The summed E-state index contributed by atoms with van der Waals surface area (Å²) < 4.78 is 25.9. The smallest absolute Gasteiger partial charge is 0.261 e. The molecule has 0 aromatic heterocycles. The van der Waals surface area contributed by atoms with E-state index in [1.807, 2.05) is 0 Å². The summed E-state index contributed by atoms with van der Waals surface area (Å²) in [6, 6.07) is 92.0. The predicted molar refractivity (Wildman–Crippen MR) is 317 cm³/mol. The molecule has 0 amide bonds. The average Bonchev–Trinajstić information content (AvgIpc) is 3.43. The number of aryl methyl sites for hydroxylation is 4. The van der Waals surface area contributed by atoms with Gasteiger partial charge >= 0.3 is 0 Å². The third kappa shape index (κ3) is 14.5.